The second-order valence-electron chi connectivity index (χ2n) is 5.01. The van der Waals surface area contributed by atoms with Crippen LogP contribution < -0.4 is 0 Å². The molecule has 0 bridgehead atoms. The van der Waals surface area contributed by atoms with Crippen LogP contribution in [0.3, 0.4) is 0 Å². The van der Waals surface area contributed by atoms with E-state index in [0.29, 0.717) is 11.5 Å². The van der Waals surface area contributed by atoms with Crippen molar-refractivity contribution in [3.63, 3.8) is 0 Å². The minimum absolute atomic E-state index is 0.0312. The third-order valence-corrected chi connectivity index (χ3v) is 4.25. The molecule has 6 heteroatoms. The summed E-state index contributed by atoms with van der Waals surface area (Å²) in [7, 11) is 2.07. The summed E-state index contributed by atoms with van der Waals surface area (Å²) >= 11 is 1.57. The number of carbonyl (C=O) groups is 1. The predicted octanol–water partition coefficient (Wildman–Crippen LogP) is 2.10. The molecule has 1 amide bonds. The van der Waals surface area contributed by atoms with Crippen LogP contribution >= 0.6 is 11.3 Å². The van der Waals surface area contributed by atoms with E-state index in [9.17, 15) is 4.79 Å². The van der Waals surface area contributed by atoms with E-state index in [1.165, 1.54) is 0 Å². The Morgan fingerprint density at radius 3 is 2.70 bits per heavy atom. The molecule has 3 rings (SSSR count). The highest BCUT2D eigenvalue weighted by Crippen LogP contribution is 2.24. The molecule has 0 aromatic carbocycles. The van der Waals surface area contributed by atoms with Gasteiger partial charge in [-0.2, -0.15) is 0 Å². The fourth-order valence-electron chi connectivity index (χ4n) is 2.23. The third-order valence-electron chi connectivity index (χ3n) is 3.48. The molecule has 20 heavy (non-hydrogen) atoms. The first-order valence-corrected chi connectivity index (χ1v) is 7.51. The van der Waals surface area contributed by atoms with Crippen LogP contribution in [0.1, 0.15) is 15.6 Å². The lowest BCUT2D eigenvalue weighted by molar-refractivity contribution is 0.0633. The highest BCUT2D eigenvalue weighted by Gasteiger charge is 2.23. The van der Waals surface area contributed by atoms with E-state index in [1.807, 2.05) is 23.3 Å². The minimum Gasteiger partial charge on any atom is -0.449 e. The van der Waals surface area contributed by atoms with E-state index >= 15 is 0 Å². The number of hydrogen-bond acceptors (Lipinski definition) is 5. The van der Waals surface area contributed by atoms with E-state index in [0.717, 1.165) is 36.9 Å². The molecule has 0 aliphatic carbocycles. The van der Waals surface area contributed by atoms with Crippen molar-refractivity contribution in [2.24, 2.45) is 0 Å². The number of nitrogens with zero attached hydrogens (tertiary/aromatic N) is 3. The molecule has 1 aliphatic rings. The quantitative estimate of drug-likeness (QED) is 0.850. The molecular formula is C14H17N3O2S. The molecule has 2 aromatic rings. The van der Waals surface area contributed by atoms with Crippen LogP contribution in [-0.2, 0) is 0 Å². The summed E-state index contributed by atoms with van der Waals surface area (Å²) in [5.74, 6) is 1.03. The maximum Gasteiger partial charge on any atom is 0.289 e. The van der Waals surface area contributed by atoms with Crippen LogP contribution in [0.15, 0.2) is 21.9 Å². The summed E-state index contributed by atoms with van der Waals surface area (Å²) < 4.78 is 5.66. The lowest BCUT2D eigenvalue weighted by Crippen LogP contribution is -2.47. The number of aryl methyl sites for hydroxylation is 1. The van der Waals surface area contributed by atoms with E-state index in [1.54, 1.807) is 17.4 Å². The molecule has 2 aromatic heterocycles. The van der Waals surface area contributed by atoms with Crippen LogP contribution in [0.25, 0.3) is 11.5 Å². The molecule has 0 unspecified atom stereocenters. The maximum atomic E-state index is 12.4. The summed E-state index contributed by atoms with van der Waals surface area (Å²) in [5, 5.41) is 2.93. The molecule has 0 radical (unpaired) electrons. The molecule has 1 fully saturated rings. The van der Waals surface area contributed by atoms with Gasteiger partial charge in [-0.05, 0) is 26.1 Å². The van der Waals surface area contributed by atoms with Crippen molar-refractivity contribution in [2.75, 3.05) is 33.2 Å². The van der Waals surface area contributed by atoms with Gasteiger partial charge < -0.3 is 14.2 Å². The maximum absolute atomic E-state index is 12.4. The Morgan fingerprint density at radius 1 is 1.30 bits per heavy atom. The number of rotatable bonds is 2. The fourth-order valence-corrected chi connectivity index (χ4v) is 2.83. The van der Waals surface area contributed by atoms with Gasteiger partial charge in [-0.15, -0.1) is 11.3 Å². The van der Waals surface area contributed by atoms with Crippen LogP contribution in [0.4, 0.5) is 0 Å². The van der Waals surface area contributed by atoms with Gasteiger partial charge in [0, 0.05) is 31.6 Å². The second-order valence-corrected chi connectivity index (χ2v) is 6.07. The minimum atomic E-state index is -0.0312. The molecule has 0 spiro atoms. The SMILES string of the molecule is Cc1nc(-c2ccc(C(=O)N3CCN(C)CC3)o2)cs1. The number of aromatic nitrogens is 1. The standard InChI is InChI=1S/C14H17N3O2S/c1-10-15-11(9-20-10)12-3-4-13(19-12)14(18)17-7-5-16(2)6-8-17/h3-4,9H,5-8H2,1-2H3. The molecule has 1 aliphatic heterocycles. The Bertz CT molecular complexity index is 611. The number of piperazine rings is 1. The number of hydrogen-bond donors (Lipinski definition) is 0. The van der Waals surface area contributed by atoms with E-state index in [2.05, 4.69) is 16.9 Å². The smallest absolute Gasteiger partial charge is 0.289 e. The summed E-state index contributed by atoms with van der Waals surface area (Å²) in [6.07, 6.45) is 0. The van der Waals surface area contributed by atoms with Crippen molar-refractivity contribution in [1.82, 2.24) is 14.8 Å². The van der Waals surface area contributed by atoms with Gasteiger partial charge in [-0.1, -0.05) is 0 Å². The zero-order chi connectivity index (χ0) is 14.1. The summed E-state index contributed by atoms with van der Waals surface area (Å²) in [5.41, 5.74) is 0.796. The van der Waals surface area contributed by atoms with Crippen LogP contribution in [-0.4, -0.2) is 53.9 Å². The van der Waals surface area contributed by atoms with Gasteiger partial charge in [0.2, 0.25) is 0 Å². The van der Waals surface area contributed by atoms with E-state index in [4.69, 9.17) is 4.42 Å². The van der Waals surface area contributed by atoms with Gasteiger partial charge in [-0.25, -0.2) is 4.98 Å². The Hall–Kier alpha value is -1.66. The predicted molar refractivity (Wildman–Crippen MR) is 78.0 cm³/mol. The van der Waals surface area contributed by atoms with Crippen LogP contribution in [0.5, 0.6) is 0 Å². The molecule has 1 saturated heterocycles. The Kier molecular flexibility index (Phi) is 3.58. The third kappa shape index (κ3) is 2.62. The molecule has 5 nitrogen and oxygen atoms in total. The molecule has 0 N–H and O–H groups in total. The van der Waals surface area contributed by atoms with Crippen LogP contribution in [0, 0.1) is 6.92 Å². The average Bonchev–Trinajstić information content (AvgIpc) is 3.07. The molecule has 0 saturated carbocycles. The largest absolute Gasteiger partial charge is 0.449 e. The normalized spacial score (nSPS) is 16.6. The number of furan rings is 1. The Labute approximate surface area is 121 Å². The number of amides is 1. The van der Waals surface area contributed by atoms with Crippen molar-refractivity contribution >= 4 is 17.2 Å². The van der Waals surface area contributed by atoms with Gasteiger partial charge in [0.1, 0.15) is 5.69 Å². The second kappa shape index (κ2) is 5.38. The van der Waals surface area contributed by atoms with Gasteiger partial charge in [0.05, 0.1) is 5.01 Å². The van der Waals surface area contributed by atoms with Crippen molar-refractivity contribution in [3.8, 4) is 11.5 Å². The van der Waals surface area contributed by atoms with Crippen molar-refractivity contribution in [2.45, 2.75) is 6.92 Å². The molecule has 0 atom stereocenters. The molecular weight excluding hydrogens is 274 g/mol. The topological polar surface area (TPSA) is 49.6 Å². The summed E-state index contributed by atoms with van der Waals surface area (Å²) in [6.45, 7) is 5.27. The highest BCUT2D eigenvalue weighted by atomic mass is 32.1. The summed E-state index contributed by atoms with van der Waals surface area (Å²) in [4.78, 5) is 20.8. The number of likely N-dealkylation sites (N-methyl/N-ethyl adjacent to an activating group) is 1. The Morgan fingerprint density at radius 2 is 2.05 bits per heavy atom. The van der Waals surface area contributed by atoms with Crippen molar-refractivity contribution in [3.05, 3.63) is 28.3 Å². The van der Waals surface area contributed by atoms with Crippen molar-refractivity contribution in [1.29, 1.82) is 0 Å². The monoisotopic (exact) mass is 291 g/mol. The summed E-state index contributed by atoms with van der Waals surface area (Å²) in [6, 6.07) is 3.56. The average molecular weight is 291 g/mol. The first-order chi connectivity index (χ1) is 9.63. The van der Waals surface area contributed by atoms with E-state index < -0.39 is 0 Å². The van der Waals surface area contributed by atoms with Crippen LogP contribution in [0.2, 0.25) is 0 Å². The van der Waals surface area contributed by atoms with E-state index in [-0.39, 0.29) is 5.91 Å². The van der Waals surface area contributed by atoms with Gasteiger partial charge in [0.25, 0.3) is 5.91 Å². The van der Waals surface area contributed by atoms with Gasteiger partial charge in [-0.3, -0.25) is 4.79 Å². The fraction of sp³-hybridized carbons (Fsp3) is 0.429. The number of carbonyl (C=O) groups excluding carboxylic acids is 1. The van der Waals surface area contributed by atoms with Gasteiger partial charge >= 0.3 is 0 Å². The zero-order valence-electron chi connectivity index (χ0n) is 11.6. The highest BCUT2D eigenvalue weighted by molar-refractivity contribution is 7.09. The first kappa shape index (κ1) is 13.3. The number of thiazole rings is 1. The lowest BCUT2D eigenvalue weighted by atomic mass is 10.3. The van der Waals surface area contributed by atoms with Gasteiger partial charge in [0.15, 0.2) is 11.5 Å². The molecule has 106 valence electrons. The Balaban J connectivity index is 1.75. The van der Waals surface area contributed by atoms with Crippen molar-refractivity contribution < 1.29 is 9.21 Å². The lowest BCUT2D eigenvalue weighted by Gasteiger charge is -2.31. The zero-order valence-corrected chi connectivity index (χ0v) is 12.4. The molecule has 3 heterocycles. The first-order valence-electron chi connectivity index (χ1n) is 6.63.